The van der Waals surface area contributed by atoms with Crippen molar-refractivity contribution < 1.29 is 9.53 Å². The Morgan fingerprint density at radius 3 is 2.72 bits per heavy atom. The smallest absolute Gasteiger partial charge is 0.407 e. The lowest BCUT2D eigenvalue weighted by molar-refractivity contribution is 0.139. The van der Waals surface area contributed by atoms with Gasteiger partial charge in [0.25, 0.3) is 0 Å². The van der Waals surface area contributed by atoms with Gasteiger partial charge in [-0.3, -0.25) is 0 Å². The van der Waals surface area contributed by atoms with Crippen molar-refractivity contribution >= 4 is 6.09 Å². The van der Waals surface area contributed by atoms with Crippen molar-refractivity contribution in [3.8, 4) is 0 Å². The second-order valence-corrected chi connectivity index (χ2v) is 4.64. The largest absolute Gasteiger partial charge is 0.445 e. The first-order chi connectivity index (χ1) is 8.72. The van der Waals surface area contributed by atoms with E-state index in [2.05, 4.69) is 19.2 Å². The van der Waals surface area contributed by atoms with E-state index in [-0.39, 0.29) is 6.09 Å². The van der Waals surface area contributed by atoms with Crippen molar-refractivity contribution in [2.24, 2.45) is 5.92 Å². The molecule has 0 aliphatic rings. The lowest BCUT2D eigenvalue weighted by atomic mass is 10.0. The van der Waals surface area contributed by atoms with Gasteiger partial charge in [-0.1, -0.05) is 50.6 Å². The van der Waals surface area contributed by atoms with Crippen LogP contribution >= 0.6 is 0 Å². The van der Waals surface area contributed by atoms with Crippen molar-refractivity contribution in [2.45, 2.75) is 39.7 Å². The molecule has 0 radical (unpaired) electrons. The Bertz CT molecular complexity index is 338. The van der Waals surface area contributed by atoms with Crippen LogP contribution < -0.4 is 5.32 Å². The minimum absolute atomic E-state index is 0.331. The number of carbonyl (C=O) groups is 1. The van der Waals surface area contributed by atoms with Crippen LogP contribution in [0, 0.1) is 5.92 Å². The number of hydrogen-bond donors (Lipinski definition) is 1. The zero-order chi connectivity index (χ0) is 13.2. The molecule has 1 aromatic rings. The highest BCUT2D eigenvalue weighted by Crippen LogP contribution is 2.08. The molecule has 0 aliphatic heterocycles. The maximum absolute atomic E-state index is 11.4. The Labute approximate surface area is 110 Å². The lowest BCUT2D eigenvalue weighted by Crippen LogP contribution is -2.25. The first kappa shape index (κ1) is 14.6. The number of amides is 1. The summed E-state index contributed by atoms with van der Waals surface area (Å²) in [5, 5.41) is 2.77. The first-order valence-corrected chi connectivity index (χ1v) is 6.67. The van der Waals surface area contributed by atoms with Crippen LogP contribution in [0.25, 0.3) is 0 Å². The van der Waals surface area contributed by atoms with Crippen molar-refractivity contribution in [3.63, 3.8) is 0 Å². The van der Waals surface area contributed by atoms with Crippen LogP contribution in [-0.2, 0) is 11.3 Å². The molecule has 1 atom stereocenters. The summed E-state index contributed by atoms with van der Waals surface area (Å²) in [6, 6.07) is 9.69. The van der Waals surface area contributed by atoms with E-state index < -0.39 is 0 Å². The van der Waals surface area contributed by atoms with E-state index in [4.69, 9.17) is 4.74 Å². The monoisotopic (exact) mass is 249 g/mol. The Balaban J connectivity index is 2.07. The second-order valence-electron chi connectivity index (χ2n) is 4.64. The molecule has 3 heteroatoms. The molecule has 0 fully saturated rings. The van der Waals surface area contributed by atoms with Crippen LogP contribution in [0.3, 0.4) is 0 Å². The molecule has 1 aromatic carbocycles. The van der Waals surface area contributed by atoms with E-state index in [1.54, 1.807) is 0 Å². The number of nitrogens with one attached hydrogen (secondary N) is 1. The van der Waals surface area contributed by atoms with Crippen LogP contribution in [0.1, 0.15) is 38.7 Å². The van der Waals surface area contributed by atoms with Gasteiger partial charge in [-0.25, -0.2) is 4.79 Å². The van der Waals surface area contributed by atoms with Crippen molar-refractivity contribution in [2.75, 3.05) is 6.54 Å². The minimum Gasteiger partial charge on any atom is -0.445 e. The van der Waals surface area contributed by atoms with Gasteiger partial charge in [0.05, 0.1) is 0 Å². The van der Waals surface area contributed by atoms with Crippen molar-refractivity contribution in [1.29, 1.82) is 0 Å². The van der Waals surface area contributed by atoms with Crippen molar-refractivity contribution in [1.82, 2.24) is 5.32 Å². The average Bonchev–Trinajstić information content (AvgIpc) is 2.42. The van der Waals surface area contributed by atoms with E-state index in [0.29, 0.717) is 13.2 Å². The van der Waals surface area contributed by atoms with Gasteiger partial charge in [-0.2, -0.15) is 0 Å². The molecule has 1 N–H and O–H groups in total. The highest BCUT2D eigenvalue weighted by atomic mass is 16.5. The van der Waals surface area contributed by atoms with Crippen LogP contribution in [0.4, 0.5) is 4.79 Å². The summed E-state index contributed by atoms with van der Waals surface area (Å²) in [6.45, 7) is 5.44. The molecule has 0 aromatic heterocycles. The Morgan fingerprint density at radius 1 is 1.33 bits per heavy atom. The third-order valence-electron chi connectivity index (χ3n) is 3.05. The van der Waals surface area contributed by atoms with E-state index >= 15 is 0 Å². The molecular weight excluding hydrogens is 226 g/mol. The molecule has 18 heavy (non-hydrogen) atoms. The van der Waals surface area contributed by atoms with Gasteiger partial charge in [0, 0.05) is 6.54 Å². The van der Waals surface area contributed by atoms with Crippen LogP contribution in [0.2, 0.25) is 0 Å². The average molecular weight is 249 g/mol. The normalized spacial score (nSPS) is 11.9. The molecule has 0 spiro atoms. The third-order valence-corrected chi connectivity index (χ3v) is 3.05. The fourth-order valence-electron chi connectivity index (χ4n) is 1.62. The molecule has 0 saturated carbocycles. The third kappa shape index (κ3) is 6.28. The van der Waals surface area contributed by atoms with Crippen LogP contribution in [0.5, 0.6) is 0 Å². The van der Waals surface area contributed by atoms with Gasteiger partial charge in [0.1, 0.15) is 6.61 Å². The SMILES string of the molecule is CCC(C)CCCNC(=O)OCc1ccccc1. The van der Waals surface area contributed by atoms with Crippen LogP contribution in [0.15, 0.2) is 30.3 Å². The van der Waals surface area contributed by atoms with Gasteiger partial charge in [0.15, 0.2) is 0 Å². The van der Waals surface area contributed by atoms with Gasteiger partial charge < -0.3 is 10.1 Å². The van der Waals surface area contributed by atoms with E-state index in [1.807, 2.05) is 30.3 Å². The summed E-state index contributed by atoms with van der Waals surface area (Å²) in [4.78, 5) is 11.4. The van der Waals surface area contributed by atoms with Crippen LogP contribution in [-0.4, -0.2) is 12.6 Å². The highest BCUT2D eigenvalue weighted by Gasteiger charge is 2.03. The summed E-state index contributed by atoms with van der Waals surface area (Å²) >= 11 is 0. The molecule has 0 bridgehead atoms. The number of hydrogen-bond acceptors (Lipinski definition) is 2. The summed E-state index contributed by atoms with van der Waals surface area (Å²) < 4.78 is 5.11. The van der Waals surface area contributed by atoms with Gasteiger partial charge in [-0.05, 0) is 24.3 Å². The zero-order valence-electron chi connectivity index (χ0n) is 11.3. The zero-order valence-corrected chi connectivity index (χ0v) is 11.3. The number of rotatable bonds is 7. The number of alkyl carbamates (subject to hydrolysis) is 1. The molecule has 0 aliphatic carbocycles. The fraction of sp³-hybridized carbons (Fsp3) is 0.533. The number of carbonyl (C=O) groups excluding carboxylic acids is 1. The quantitative estimate of drug-likeness (QED) is 0.748. The fourth-order valence-corrected chi connectivity index (χ4v) is 1.62. The predicted octanol–water partition coefficient (Wildman–Crippen LogP) is 3.74. The summed E-state index contributed by atoms with van der Waals surface area (Å²) in [6.07, 6.45) is 3.02. The molecule has 1 amide bonds. The standard InChI is InChI=1S/C15H23NO2/c1-3-13(2)8-7-11-16-15(17)18-12-14-9-5-4-6-10-14/h4-6,9-10,13H,3,7-8,11-12H2,1-2H3,(H,16,17). The van der Waals surface area contributed by atoms with Gasteiger partial charge in [0.2, 0.25) is 0 Å². The number of benzene rings is 1. The predicted molar refractivity (Wildman–Crippen MR) is 73.3 cm³/mol. The number of ether oxygens (including phenoxy) is 1. The summed E-state index contributed by atoms with van der Waals surface area (Å²) in [5.41, 5.74) is 1.01. The summed E-state index contributed by atoms with van der Waals surface area (Å²) in [7, 11) is 0. The first-order valence-electron chi connectivity index (χ1n) is 6.67. The van der Waals surface area contributed by atoms with E-state index in [9.17, 15) is 4.79 Å². The molecule has 100 valence electrons. The van der Waals surface area contributed by atoms with Gasteiger partial charge in [-0.15, -0.1) is 0 Å². The Kier molecular flexibility index (Phi) is 6.92. The second kappa shape index (κ2) is 8.56. The maximum atomic E-state index is 11.4. The molecule has 3 nitrogen and oxygen atoms in total. The topological polar surface area (TPSA) is 38.3 Å². The minimum atomic E-state index is -0.331. The summed E-state index contributed by atoms with van der Waals surface area (Å²) in [5.74, 6) is 0.729. The molecule has 0 saturated heterocycles. The lowest BCUT2D eigenvalue weighted by Gasteiger charge is -2.09. The van der Waals surface area contributed by atoms with Gasteiger partial charge >= 0.3 is 6.09 Å². The Morgan fingerprint density at radius 2 is 2.06 bits per heavy atom. The molecular formula is C15H23NO2. The molecule has 1 unspecified atom stereocenters. The molecule has 0 heterocycles. The van der Waals surface area contributed by atoms with Crippen molar-refractivity contribution in [3.05, 3.63) is 35.9 Å². The molecule has 1 rings (SSSR count). The maximum Gasteiger partial charge on any atom is 0.407 e. The highest BCUT2D eigenvalue weighted by molar-refractivity contribution is 5.67. The Hall–Kier alpha value is -1.51. The van der Waals surface area contributed by atoms with E-state index in [0.717, 1.165) is 24.3 Å². The van der Waals surface area contributed by atoms with E-state index in [1.165, 1.54) is 6.42 Å².